The predicted molar refractivity (Wildman–Crippen MR) is 119 cm³/mol. The van der Waals surface area contributed by atoms with Crippen LogP contribution in [0, 0.1) is 19.7 Å². The van der Waals surface area contributed by atoms with Gasteiger partial charge in [0.25, 0.3) is 5.91 Å². The van der Waals surface area contributed by atoms with Crippen LogP contribution in [0.25, 0.3) is 0 Å². The molecular formula is C26H24FNO4. The lowest BCUT2D eigenvalue weighted by Gasteiger charge is -2.10. The van der Waals surface area contributed by atoms with Gasteiger partial charge in [0, 0.05) is 17.7 Å². The van der Waals surface area contributed by atoms with E-state index in [-0.39, 0.29) is 22.7 Å². The summed E-state index contributed by atoms with van der Waals surface area (Å²) in [7, 11) is 0. The number of halogens is 1. The Morgan fingerprint density at radius 2 is 1.56 bits per heavy atom. The predicted octanol–water partition coefficient (Wildman–Crippen LogP) is 4.19. The van der Waals surface area contributed by atoms with Gasteiger partial charge in [-0.1, -0.05) is 42.5 Å². The number of aryl methyl sites for hydroxylation is 2. The van der Waals surface area contributed by atoms with Crippen molar-refractivity contribution in [2.24, 2.45) is 0 Å². The van der Waals surface area contributed by atoms with E-state index < -0.39 is 18.5 Å². The first-order valence-electron chi connectivity index (χ1n) is 10.2. The van der Waals surface area contributed by atoms with Gasteiger partial charge in [-0.25, -0.2) is 9.18 Å². The first-order chi connectivity index (χ1) is 15.3. The molecule has 0 aliphatic rings. The zero-order chi connectivity index (χ0) is 23.1. The maximum absolute atomic E-state index is 13.0. The van der Waals surface area contributed by atoms with Gasteiger partial charge in [-0.2, -0.15) is 0 Å². The van der Waals surface area contributed by atoms with Crippen molar-refractivity contribution in [3.63, 3.8) is 0 Å². The van der Waals surface area contributed by atoms with Gasteiger partial charge in [-0.05, 0) is 61.2 Å². The molecule has 0 unspecified atom stereocenters. The topological polar surface area (TPSA) is 72.5 Å². The van der Waals surface area contributed by atoms with Crippen molar-refractivity contribution in [3.8, 4) is 0 Å². The summed E-state index contributed by atoms with van der Waals surface area (Å²) in [4.78, 5) is 37.5. The lowest BCUT2D eigenvalue weighted by molar-refractivity contribution is -0.124. The summed E-state index contributed by atoms with van der Waals surface area (Å²) in [6.07, 6.45) is 0.521. The Morgan fingerprint density at radius 3 is 2.25 bits per heavy atom. The third-order valence-electron chi connectivity index (χ3n) is 5.14. The molecule has 32 heavy (non-hydrogen) atoms. The Labute approximate surface area is 186 Å². The molecule has 1 N–H and O–H groups in total. The maximum atomic E-state index is 13.0. The Bertz CT molecular complexity index is 1140. The molecule has 0 bridgehead atoms. The summed E-state index contributed by atoms with van der Waals surface area (Å²) in [6, 6.07) is 17.8. The quantitative estimate of drug-likeness (QED) is 0.427. The van der Waals surface area contributed by atoms with Crippen molar-refractivity contribution in [1.82, 2.24) is 5.32 Å². The molecule has 3 rings (SSSR count). The molecule has 0 aromatic heterocycles. The number of benzene rings is 3. The number of carbonyl (C=O) groups excluding carboxylic acids is 3. The highest BCUT2D eigenvalue weighted by Crippen LogP contribution is 2.18. The van der Waals surface area contributed by atoms with Crippen LogP contribution < -0.4 is 5.32 Å². The van der Waals surface area contributed by atoms with Crippen LogP contribution in [-0.2, 0) is 16.0 Å². The van der Waals surface area contributed by atoms with E-state index in [1.165, 1.54) is 18.2 Å². The Hall–Kier alpha value is -3.80. The van der Waals surface area contributed by atoms with Gasteiger partial charge in [0.2, 0.25) is 0 Å². The van der Waals surface area contributed by atoms with Crippen LogP contribution in [0.1, 0.15) is 43.0 Å². The summed E-state index contributed by atoms with van der Waals surface area (Å²) in [5.74, 6) is -1.81. The smallest absolute Gasteiger partial charge is 0.339 e. The SMILES string of the molecule is Cc1ccc(C(=O)c2ccccc2C(=O)OCC(=O)NCCc2ccc(F)cc2)cc1C. The van der Waals surface area contributed by atoms with Crippen LogP contribution in [0.4, 0.5) is 4.39 Å². The molecule has 3 aromatic carbocycles. The first kappa shape index (κ1) is 22.9. The van der Waals surface area contributed by atoms with E-state index in [4.69, 9.17) is 4.74 Å². The number of esters is 1. The van der Waals surface area contributed by atoms with Crippen LogP contribution in [0.3, 0.4) is 0 Å². The second-order valence-corrected chi connectivity index (χ2v) is 7.48. The number of rotatable bonds is 8. The molecule has 164 valence electrons. The highest BCUT2D eigenvalue weighted by molar-refractivity contribution is 6.14. The van der Waals surface area contributed by atoms with Gasteiger partial charge in [0.05, 0.1) is 5.56 Å². The number of hydrogen-bond acceptors (Lipinski definition) is 4. The first-order valence-corrected chi connectivity index (χ1v) is 10.2. The highest BCUT2D eigenvalue weighted by Gasteiger charge is 2.20. The lowest BCUT2D eigenvalue weighted by atomic mass is 9.96. The summed E-state index contributed by atoms with van der Waals surface area (Å²) in [5.41, 5.74) is 3.73. The average molecular weight is 433 g/mol. The van der Waals surface area contributed by atoms with Gasteiger partial charge >= 0.3 is 5.97 Å². The monoisotopic (exact) mass is 433 g/mol. The molecule has 0 saturated carbocycles. The molecule has 0 heterocycles. The fourth-order valence-electron chi connectivity index (χ4n) is 3.15. The molecule has 3 aromatic rings. The molecule has 0 aliphatic heterocycles. The minimum atomic E-state index is -0.744. The fraction of sp³-hybridized carbons (Fsp3) is 0.192. The average Bonchev–Trinajstić information content (AvgIpc) is 2.80. The lowest BCUT2D eigenvalue weighted by Crippen LogP contribution is -2.30. The van der Waals surface area contributed by atoms with Gasteiger partial charge in [0.15, 0.2) is 12.4 Å². The number of ether oxygens (including phenoxy) is 1. The van der Waals surface area contributed by atoms with Crippen molar-refractivity contribution in [3.05, 3.63) is 106 Å². The van der Waals surface area contributed by atoms with Crippen molar-refractivity contribution >= 4 is 17.7 Å². The van der Waals surface area contributed by atoms with Crippen LogP contribution in [-0.4, -0.2) is 30.8 Å². The van der Waals surface area contributed by atoms with Gasteiger partial charge in [0.1, 0.15) is 5.82 Å². The fourth-order valence-corrected chi connectivity index (χ4v) is 3.15. The van der Waals surface area contributed by atoms with Crippen LogP contribution >= 0.6 is 0 Å². The Kier molecular flexibility index (Phi) is 7.49. The van der Waals surface area contributed by atoms with E-state index in [1.807, 2.05) is 19.9 Å². The number of hydrogen-bond donors (Lipinski definition) is 1. The summed E-state index contributed by atoms with van der Waals surface area (Å²) < 4.78 is 18.0. The molecular weight excluding hydrogens is 409 g/mol. The number of amides is 1. The van der Waals surface area contributed by atoms with E-state index in [9.17, 15) is 18.8 Å². The van der Waals surface area contributed by atoms with E-state index in [0.29, 0.717) is 18.5 Å². The molecule has 0 radical (unpaired) electrons. The third-order valence-corrected chi connectivity index (χ3v) is 5.14. The standard InChI is InChI=1S/C26H24FNO4/c1-17-7-10-20(15-18(17)2)25(30)22-5-3-4-6-23(22)26(31)32-16-24(29)28-14-13-19-8-11-21(27)12-9-19/h3-12,15H,13-14,16H2,1-2H3,(H,28,29). The van der Waals surface area contributed by atoms with E-state index in [0.717, 1.165) is 16.7 Å². The van der Waals surface area contributed by atoms with E-state index in [1.54, 1.807) is 42.5 Å². The number of ketones is 1. The third kappa shape index (κ3) is 5.88. The van der Waals surface area contributed by atoms with E-state index in [2.05, 4.69) is 5.32 Å². The Morgan fingerprint density at radius 1 is 0.875 bits per heavy atom. The highest BCUT2D eigenvalue weighted by atomic mass is 19.1. The minimum Gasteiger partial charge on any atom is -0.452 e. The van der Waals surface area contributed by atoms with Crippen molar-refractivity contribution in [2.75, 3.05) is 13.2 Å². The molecule has 0 atom stereocenters. The van der Waals surface area contributed by atoms with Crippen molar-refractivity contribution in [2.45, 2.75) is 20.3 Å². The molecule has 0 saturated heterocycles. The normalized spacial score (nSPS) is 10.5. The zero-order valence-corrected chi connectivity index (χ0v) is 18.0. The number of nitrogens with one attached hydrogen (secondary N) is 1. The van der Waals surface area contributed by atoms with Crippen LogP contribution in [0.5, 0.6) is 0 Å². The van der Waals surface area contributed by atoms with Crippen molar-refractivity contribution in [1.29, 1.82) is 0 Å². The number of carbonyl (C=O) groups is 3. The van der Waals surface area contributed by atoms with Gasteiger partial charge < -0.3 is 10.1 Å². The molecule has 0 spiro atoms. The molecule has 5 nitrogen and oxygen atoms in total. The van der Waals surface area contributed by atoms with Crippen LogP contribution in [0.2, 0.25) is 0 Å². The second-order valence-electron chi connectivity index (χ2n) is 7.48. The summed E-state index contributed by atoms with van der Waals surface area (Å²) in [6.45, 7) is 3.73. The summed E-state index contributed by atoms with van der Waals surface area (Å²) in [5, 5.41) is 2.65. The van der Waals surface area contributed by atoms with Crippen LogP contribution in [0.15, 0.2) is 66.7 Å². The zero-order valence-electron chi connectivity index (χ0n) is 18.0. The van der Waals surface area contributed by atoms with Gasteiger partial charge in [-0.3, -0.25) is 9.59 Å². The molecule has 0 aliphatic carbocycles. The van der Waals surface area contributed by atoms with Gasteiger partial charge in [-0.15, -0.1) is 0 Å². The van der Waals surface area contributed by atoms with Crippen molar-refractivity contribution < 1.29 is 23.5 Å². The maximum Gasteiger partial charge on any atom is 0.339 e. The molecule has 1 amide bonds. The van der Waals surface area contributed by atoms with E-state index >= 15 is 0 Å². The minimum absolute atomic E-state index is 0.106. The molecule has 0 fully saturated rings. The Balaban J connectivity index is 1.58. The molecule has 6 heteroatoms. The second kappa shape index (κ2) is 10.5. The summed E-state index contributed by atoms with van der Waals surface area (Å²) >= 11 is 0. The largest absolute Gasteiger partial charge is 0.452 e.